The minimum absolute atomic E-state index is 0.0941. The van der Waals surface area contributed by atoms with Crippen molar-refractivity contribution in [3.05, 3.63) is 29.6 Å². The van der Waals surface area contributed by atoms with Crippen LogP contribution in [0.4, 0.5) is 10.1 Å². The monoisotopic (exact) mass is 253 g/mol. The summed E-state index contributed by atoms with van der Waals surface area (Å²) in [7, 11) is 1.32. The van der Waals surface area contributed by atoms with Crippen molar-refractivity contribution < 1.29 is 18.7 Å². The second-order valence-corrected chi connectivity index (χ2v) is 4.14. The molecule has 1 aromatic rings. The molecule has 18 heavy (non-hydrogen) atoms. The first-order chi connectivity index (χ1) is 8.70. The Morgan fingerprint density at radius 1 is 1.44 bits per heavy atom. The molecule has 5 heteroatoms. The molecule has 0 radical (unpaired) electrons. The average Bonchev–Trinajstić information content (AvgIpc) is 2.40. The number of esters is 1. The van der Waals surface area contributed by atoms with Crippen molar-refractivity contribution in [3.8, 4) is 0 Å². The number of hydrogen-bond acceptors (Lipinski definition) is 4. The number of carbonyl (C=O) groups is 1. The van der Waals surface area contributed by atoms with E-state index in [4.69, 9.17) is 4.74 Å². The SMILES string of the molecule is COC(=O)Cc1ccc(N2CCOCC2)c(F)c1. The van der Waals surface area contributed by atoms with Crippen molar-refractivity contribution in [2.75, 3.05) is 38.3 Å². The van der Waals surface area contributed by atoms with Gasteiger partial charge in [-0.1, -0.05) is 6.07 Å². The second kappa shape index (κ2) is 5.82. The van der Waals surface area contributed by atoms with Crippen LogP contribution in [0, 0.1) is 5.82 Å². The Morgan fingerprint density at radius 3 is 2.78 bits per heavy atom. The number of hydrogen-bond donors (Lipinski definition) is 0. The van der Waals surface area contributed by atoms with Crippen molar-refractivity contribution >= 4 is 11.7 Å². The fraction of sp³-hybridized carbons (Fsp3) is 0.462. The molecule has 0 spiro atoms. The molecule has 1 aromatic carbocycles. The molecule has 0 amide bonds. The molecule has 98 valence electrons. The summed E-state index contributed by atoms with van der Waals surface area (Å²) in [5.41, 5.74) is 1.18. The predicted molar refractivity (Wildman–Crippen MR) is 65.2 cm³/mol. The van der Waals surface area contributed by atoms with E-state index in [1.54, 1.807) is 12.1 Å². The lowest BCUT2D eigenvalue weighted by Crippen LogP contribution is -2.36. The van der Waals surface area contributed by atoms with Crippen molar-refractivity contribution in [2.24, 2.45) is 0 Å². The summed E-state index contributed by atoms with van der Waals surface area (Å²) in [6.07, 6.45) is 0.0941. The third-order valence-electron chi connectivity index (χ3n) is 2.94. The third-order valence-corrected chi connectivity index (χ3v) is 2.94. The molecule has 0 atom stereocenters. The number of methoxy groups -OCH3 is 1. The van der Waals surface area contributed by atoms with Crippen molar-refractivity contribution in [1.82, 2.24) is 0 Å². The van der Waals surface area contributed by atoms with E-state index in [2.05, 4.69) is 4.74 Å². The normalized spacial score (nSPS) is 15.6. The number of anilines is 1. The van der Waals surface area contributed by atoms with Crippen LogP contribution in [0.15, 0.2) is 18.2 Å². The highest BCUT2D eigenvalue weighted by molar-refractivity contribution is 5.72. The number of nitrogens with zero attached hydrogens (tertiary/aromatic N) is 1. The Labute approximate surface area is 105 Å². The molecule has 1 heterocycles. The molecule has 1 aliphatic rings. The van der Waals surface area contributed by atoms with Gasteiger partial charge in [0.15, 0.2) is 0 Å². The van der Waals surface area contributed by atoms with E-state index < -0.39 is 0 Å². The lowest BCUT2D eigenvalue weighted by Gasteiger charge is -2.29. The van der Waals surface area contributed by atoms with Crippen LogP contribution in [0.2, 0.25) is 0 Å². The lowest BCUT2D eigenvalue weighted by atomic mass is 10.1. The Bertz CT molecular complexity index is 430. The quantitative estimate of drug-likeness (QED) is 0.763. The highest BCUT2D eigenvalue weighted by Gasteiger charge is 2.15. The zero-order chi connectivity index (χ0) is 13.0. The largest absolute Gasteiger partial charge is 0.469 e. The van der Waals surface area contributed by atoms with Crippen LogP contribution in [0.25, 0.3) is 0 Å². The number of benzene rings is 1. The van der Waals surface area contributed by atoms with E-state index in [0.717, 1.165) is 0 Å². The number of carbonyl (C=O) groups excluding carboxylic acids is 1. The van der Waals surface area contributed by atoms with E-state index >= 15 is 0 Å². The number of ether oxygens (including phenoxy) is 2. The molecule has 2 rings (SSSR count). The van der Waals surface area contributed by atoms with Crippen LogP contribution in [0.5, 0.6) is 0 Å². The van der Waals surface area contributed by atoms with Crippen molar-refractivity contribution in [2.45, 2.75) is 6.42 Å². The van der Waals surface area contributed by atoms with Gasteiger partial charge in [-0.2, -0.15) is 0 Å². The Kier molecular flexibility index (Phi) is 4.15. The zero-order valence-electron chi connectivity index (χ0n) is 10.3. The van der Waals surface area contributed by atoms with Gasteiger partial charge in [0.2, 0.25) is 0 Å². The third kappa shape index (κ3) is 2.98. The molecule has 0 unspecified atom stereocenters. The van der Waals surface area contributed by atoms with Gasteiger partial charge in [-0.25, -0.2) is 4.39 Å². The summed E-state index contributed by atoms with van der Waals surface area (Å²) in [4.78, 5) is 13.1. The topological polar surface area (TPSA) is 38.8 Å². The number of halogens is 1. The maximum atomic E-state index is 14.0. The van der Waals surface area contributed by atoms with E-state index in [9.17, 15) is 9.18 Å². The summed E-state index contributed by atoms with van der Waals surface area (Å²) in [6, 6.07) is 4.85. The van der Waals surface area contributed by atoms with Crippen molar-refractivity contribution in [1.29, 1.82) is 0 Å². The fourth-order valence-corrected chi connectivity index (χ4v) is 1.96. The van der Waals surface area contributed by atoms with E-state index in [1.807, 2.05) is 4.90 Å². The highest BCUT2D eigenvalue weighted by atomic mass is 19.1. The molecule has 0 saturated carbocycles. The van der Waals surface area contributed by atoms with Gasteiger partial charge >= 0.3 is 5.97 Å². The van der Waals surface area contributed by atoms with Crippen molar-refractivity contribution in [3.63, 3.8) is 0 Å². The van der Waals surface area contributed by atoms with Crippen LogP contribution in [0.3, 0.4) is 0 Å². The van der Waals surface area contributed by atoms with Gasteiger partial charge in [0.05, 0.1) is 32.4 Å². The first-order valence-electron chi connectivity index (χ1n) is 5.88. The summed E-state index contributed by atoms with van der Waals surface area (Å²) < 4.78 is 23.7. The molecular formula is C13H16FNO3. The second-order valence-electron chi connectivity index (χ2n) is 4.14. The van der Waals surface area contributed by atoms with E-state index in [-0.39, 0.29) is 18.2 Å². The van der Waals surface area contributed by atoms with Gasteiger partial charge in [0, 0.05) is 13.1 Å². The molecule has 1 saturated heterocycles. The molecule has 1 fully saturated rings. The predicted octanol–water partition coefficient (Wildman–Crippen LogP) is 1.38. The maximum absolute atomic E-state index is 14.0. The van der Waals surface area contributed by atoms with Crippen LogP contribution in [0.1, 0.15) is 5.56 Å². The van der Waals surface area contributed by atoms with Gasteiger partial charge in [0.25, 0.3) is 0 Å². The van der Waals surface area contributed by atoms with Crippen LogP contribution in [-0.4, -0.2) is 39.4 Å². The van der Waals surface area contributed by atoms with Gasteiger partial charge in [-0.15, -0.1) is 0 Å². The van der Waals surface area contributed by atoms with Crippen LogP contribution in [-0.2, 0) is 20.7 Å². The number of rotatable bonds is 3. The Morgan fingerprint density at radius 2 is 2.17 bits per heavy atom. The summed E-state index contributed by atoms with van der Waals surface area (Å²) >= 11 is 0. The first-order valence-corrected chi connectivity index (χ1v) is 5.88. The van der Waals surface area contributed by atoms with E-state index in [0.29, 0.717) is 37.6 Å². The van der Waals surface area contributed by atoms with Crippen LogP contribution >= 0.6 is 0 Å². The molecule has 0 aromatic heterocycles. The molecule has 0 aliphatic carbocycles. The Hall–Kier alpha value is -1.62. The standard InChI is InChI=1S/C13H16FNO3/c1-17-13(16)9-10-2-3-12(11(14)8-10)15-4-6-18-7-5-15/h2-3,8H,4-7,9H2,1H3. The zero-order valence-corrected chi connectivity index (χ0v) is 10.3. The minimum Gasteiger partial charge on any atom is -0.469 e. The van der Waals surface area contributed by atoms with Gasteiger partial charge in [-0.3, -0.25) is 4.79 Å². The molecular weight excluding hydrogens is 237 g/mol. The molecule has 1 aliphatic heterocycles. The fourth-order valence-electron chi connectivity index (χ4n) is 1.96. The minimum atomic E-state index is -0.367. The molecule has 0 N–H and O–H groups in total. The highest BCUT2D eigenvalue weighted by Crippen LogP contribution is 2.21. The lowest BCUT2D eigenvalue weighted by molar-refractivity contribution is -0.139. The average molecular weight is 253 g/mol. The van der Waals surface area contributed by atoms with Crippen LogP contribution < -0.4 is 4.90 Å². The molecule has 0 bridgehead atoms. The van der Waals surface area contributed by atoms with E-state index in [1.165, 1.54) is 13.2 Å². The summed E-state index contributed by atoms with van der Waals surface area (Å²) in [6.45, 7) is 2.60. The van der Waals surface area contributed by atoms with Gasteiger partial charge < -0.3 is 14.4 Å². The number of morpholine rings is 1. The Balaban J connectivity index is 2.11. The van der Waals surface area contributed by atoms with Gasteiger partial charge in [-0.05, 0) is 17.7 Å². The maximum Gasteiger partial charge on any atom is 0.309 e. The van der Waals surface area contributed by atoms with Gasteiger partial charge in [0.1, 0.15) is 5.82 Å². The summed E-state index contributed by atoms with van der Waals surface area (Å²) in [5.74, 6) is -0.674. The smallest absolute Gasteiger partial charge is 0.309 e. The summed E-state index contributed by atoms with van der Waals surface area (Å²) in [5, 5.41) is 0. The first kappa shape index (κ1) is 12.8. The molecule has 4 nitrogen and oxygen atoms in total.